The van der Waals surface area contributed by atoms with Gasteiger partial charge in [-0.05, 0) is 62.2 Å². The monoisotopic (exact) mass is 618 g/mol. The highest BCUT2D eigenvalue weighted by Gasteiger charge is 2.35. The summed E-state index contributed by atoms with van der Waals surface area (Å²) >= 11 is 1.28. The molecule has 7 nitrogen and oxygen atoms in total. The van der Waals surface area contributed by atoms with Crippen LogP contribution in [0.2, 0.25) is 0 Å². The molecule has 0 N–H and O–H groups in total. The second kappa shape index (κ2) is 13.0. The number of esters is 1. The fraction of sp³-hybridized carbons (Fsp3) is 0.216. The number of fused-ring (bicyclic) bond motifs is 2. The third kappa shape index (κ3) is 6.06. The fourth-order valence-electron chi connectivity index (χ4n) is 5.60. The Hall–Kier alpha value is -4.95. The minimum absolute atomic E-state index is 0.108. The summed E-state index contributed by atoms with van der Waals surface area (Å²) < 4.78 is 20.0. The molecule has 1 aliphatic heterocycles. The van der Waals surface area contributed by atoms with Crippen LogP contribution < -0.4 is 24.4 Å². The molecule has 0 bridgehead atoms. The van der Waals surface area contributed by atoms with Crippen LogP contribution in [0.5, 0.6) is 11.5 Å². The lowest BCUT2D eigenvalue weighted by molar-refractivity contribution is -0.139. The average molecular weight is 619 g/mol. The van der Waals surface area contributed by atoms with E-state index in [-0.39, 0.29) is 18.3 Å². The number of thiazole rings is 1. The first-order chi connectivity index (χ1) is 21.9. The Morgan fingerprint density at radius 3 is 2.47 bits per heavy atom. The zero-order valence-corrected chi connectivity index (χ0v) is 26.5. The molecule has 228 valence electrons. The lowest BCUT2D eigenvalue weighted by Gasteiger charge is -2.26. The molecule has 0 spiro atoms. The van der Waals surface area contributed by atoms with Gasteiger partial charge in [-0.25, -0.2) is 9.79 Å². The number of hydrogen-bond donors (Lipinski definition) is 0. The zero-order valence-electron chi connectivity index (χ0n) is 25.7. The van der Waals surface area contributed by atoms with Crippen LogP contribution in [0.15, 0.2) is 112 Å². The molecule has 8 heteroatoms. The highest BCUT2D eigenvalue weighted by molar-refractivity contribution is 7.07. The number of hydrogen-bond acceptors (Lipinski definition) is 7. The van der Waals surface area contributed by atoms with E-state index in [0.29, 0.717) is 44.3 Å². The summed E-state index contributed by atoms with van der Waals surface area (Å²) in [5.41, 5.74) is 3.09. The summed E-state index contributed by atoms with van der Waals surface area (Å²) in [4.78, 5) is 32.8. The lowest BCUT2D eigenvalue weighted by atomic mass is 9.95. The molecule has 0 saturated heterocycles. The van der Waals surface area contributed by atoms with Gasteiger partial charge in [0.2, 0.25) is 0 Å². The molecule has 45 heavy (non-hydrogen) atoms. The summed E-state index contributed by atoms with van der Waals surface area (Å²) in [6, 6.07) is 28.8. The molecule has 0 saturated carbocycles. The summed E-state index contributed by atoms with van der Waals surface area (Å²) in [5.74, 6) is 0.743. The second-order valence-electron chi connectivity index (χ2n) is 11.0. The first-order valence-electron chi connectivity index (χ1n) is 15.0. The van der Waals surface area contributed by atoms with Crippen molar-refractivity contribution in [3.63, 3.8) is 0 Å². The normalized spacial score (nSPS) is 14.8. The van der Waals surface area contributed by atoms with Crippen LogP contribution in [0.1, 0.15) is 50.4 Å². The fourth-order valence-corrected chi connectivity index (χ4v) is 6.64. The van der Waals surface area contributed by atoms with E-state index < -0.39 is 12.0 Å². The molecular weight excluding hydrogens is 584 g/mol. The van der Waals surface area contributed by atoms with Crippen LogP contribution in [0, 0.1) is 0 Å². The van der Waals surface area contributed by atoms with E-state index in [2.05, 4.69) is 24.3 Å². The standard InChI is InChI=1S/C37H34N2O5S/c1-5-42-36(41)33-24(4)38-37-39(34(33)29-18-9-11-20-31(29)44-23(2)3)35(40)32(45-37)21-26-14-7-10-19-30(26)43-22-27-16-12-15-25-13-6-8-17-28(25)27/h6-21,23,34H,5,22H2,1-4H3/b32-21-/t34-/m0/s1. The third-order valence-corrected chi connectivity index (χ3v) is 8.54. The van der Waals surface area contributed by atoms with Gasteiger partial charge in [0.1, 0.15) is 24.1 Å². The lowest BCUT2D eigenvalue weighted by Crippen LogP contribution is -2.40. The van der Waals surface area contributed by atoms with Crippen molar-refractivity contribution in [1.82, 2.24) is 4.57 Å². The van der Waals surface area contributed by atoms with Crippen molar-refractivity contribution in [2.45, 2.75) is 46.4 Å². The van der Waals surface area contributed by atoms with Gasteiger partial charge in [-0.3, -0.25) is 9.36 Å². The minimum Gasteiger partial charge on any atom is -0.491 e. The molecule has 0 aliphatic carbocycles. The van der Waals surface area contributed by atoms with Crippen LogP contribution in [-0.2, 0) is 16.1 Å². The topological polar surface area (TPSA) is 79.1 Å². The Labute approximate surface area is 265 Å². The smallest absolute Gasteiger partial charge is 0.338 e. The van der Waals surface area contributed by atoms with E-state index in [9.17, 15) is 9.59 Å². The Kier molecular flexibility index (Phi) is 8.67. The minimum atomic E-state index is -0.768. The highest BCUT2D eigenvalue weighted by atomic mass is 32.1. The predicted molar refractivity (Wildman–Crippen MR) is 177 cm³/mol. The van der Waals surface area contributed by atoms with Crippen LogP contribution in [-0.4, -0.2) is 23.2 Å². The van der Waals surface area contributed by atoms with Gasteiger partial charge in [0.05, 0.1) is 28.5 Å². The molecular formula is C37H34N2O5S. The van der Waals surface area contributed by atoms with E-state index in [1.54, 1.807) is 18.4 Å². The average Bonchev–Trinajstić information content (AvgIpc) is 3.33. The van der Waals surface area contributed by atoms with E-state index in [0.717, 1.165) is 21.9 Å². The maximum Gasteiger partial charge on any atom is 0.338 e. The van der Waals surface area contributed by atoms with E-state index >= 15 is 0 Å². The van der Waals surface area contributed by atoms with Gasteiger partial charge in [-0.1, -0.05) is 90.2 Å². The number of aromatic nitrogens is 1. The van der Waals surface area contributed by atoms with Crippen LogP contribution in [0.25, 0.3) is 16.8 Å². The van der Waals surface area contributed by atoms with Crippen molar-refractivity contribution in [3.8, 4) is 11.5 Å². The molecule has 0 radical (unpaired) electrons. The number of carbonyl (C=O) groups excluding carboxylic acids is 1. The quantitative estimate of drug-likeness (QED) is 0.181. The first-order valence-corrected chi connectivity index (χ1v) is 15.8. The Morgan fingerprint density at radius 2 is 1.67 bits per heavy atom. The van der Waals surface area contributed by atoms with Gasteiger partial charge in [0, 0.05) is 11.1 Å². The number of rotatable bonds is 9. The van der Waals surface area contributed by atoms with Crippen molar-refractivity contribution in [3.05, 3.63) is 139 Å². The number of nitrogens with zero attached hydrogens (tertiary/aromatic N) is 2. The molecule has 0 unspecified atom stereocenters. The molecule has 1 aliphatic rings. The predicted octanol–water partition coefficient (Wildman–Crippen LogP) is 6.32. The van der Waals surface area contributed by atoms with Gasteiger partial charge >= 0.3 is 5.97 Å². The number of para-hydroxylation sites is 2. The molecule has 5 aromatic rings. The van der Waals surface area contributed by atoms with Crippen molar-refractivity contribution in [2.24, 2.45) is 4.99 Å². The van der Waals surface area contributed by atoms with Crippen LogP contribution in [0.4, 0.5) is 0 Å². The third-order valence-electron chi connectivity index (χ3n) is 7.56. The molecule has 1 aromatic heterocycles. The highest BCUT2D eigenvalue weighted by Crippen LogP contribution is 2.36. The van der Waals surface area contributed by atoms with Crippen molar-refractivity contribution >= 4 is 34.2 Å². The van der Waals surface area contributed by atoms with E-state index in [1.165, 1.54) is 11.3 Å². The van der Waals surface area contributed by atoms with Gasteiger partial charge in [-0.2, -0.15) is 0 Å². The van der Waals surface area contributed by atoms with Crippen molar-refractivity contribution in [1.29, 1.82) is 0 Å². The van der Waals surface area contributed by atoms with Crippen LogP contribution in [0.3, 0.4) is 0 Å². The van der Waals surface area contributed by atoms with Gasteiger partial charge in [0.25, 0.3) is 5.56 Å². The SMILES string of the molecule is CCOC(=O)C1=C(C)N=c2s/c(=C\c3ccccc3OCc3cccc4ccccc34)c(=O)n2[C@H]1c1ccccc1OC(C)C. The maximum absolute atomic E-state index is 14.2. The number of carbonyl (C=O) groups is 1. The Morgan fingerprint density at radius 1 is 0.956 bits per heavy atom. The van der Waals surface area contributed by atoms with Gasteiger partial charge < -0.3 is 14.2 Å². The summed E-state index contributed by atoms with van der Waals surface area (Å²) in [6.45, 7) is 7.99. The summed E-state index contributed by atoms with van der Waals surface area (Å²) in [5, 5.41) is 2.29. The molecule has 0 amide bonds. The maximum atomic E-state index is 14.2. The first kappa shape index (κ1) is 30.1. The van der Waals surface area contributed by atoms with Crippen LogP contribution >= 0.6 is 11.3 Å². The number of allylic oxidation sites excluding steroid dienone is 1. The van der Waals surface area contributed by atoms with E-state index in [4.69, 9.17) is 19.2 Å². The van der Waals surface area contributed by atoms with Crippen molar-refractivity contribution < 1.29 is 19.0 Å². The largest absolute Gasteiger partial charge is 0.491 e. The molecule has 1 atom stereocenters. The molecule has 4 aromatic carbocycles. The Bertz CT molecular complexity index is 2100. The van der Waals surface area contributed by atoms with Gasteiger partial charge in [0.15, 0.2) is 4.80 Å². The number of ether oxygens (including phenoxy) is 3. The molecule has 2 heterocycles. The number of benzene rings is 4. The molecule has 6 rings (SSSR count). The van der Waals surface area contributed by atoms with Gasteiger partial charge in [-0.15, -0.1) is 0 Å². The van der Waals surface area contributed by atoms with Crippen molar-refractivity contribution in [2.75, 3.05) is 6.61 Å². The van der Waals surface area contributed by atoms with E-state index in [1.807, 2.05) is 86.7 Å². The Balaban J connectivity index is 1.44. The summed E-state index contributed by atoms with van der Waals surface area (Å²) in [6.07, 6.45) is 1.72. The second-order valence-corrected chi connectivity index (χ2v) is 12.0. The zero-order chi connectivity index (χ0) is 31.5. The molecule has 0 fully saturated rings. The summed E-state index contributed by atoms with van der Waals surface area (Å²) in [7, 11) is 0.